The number of hydrogen-bond acceptors (Lipinski definition) is 3. The zero-order valence-electron chi connectivity index (χ0n) is 14.6. The van der Waals surface area contributed by atoms with Crippen molar-refractivity contribution in [3.05, 3.63) is 29.8 Å². The summed E-state index contributed by atoms with van der Waals surface area (Å²) in [4.78, 5) is 4.76. The first kappa shape index (κ1) is 17.5. The number of para-hydroxylation sites is 1. The van der Waals surface area contributed by atoms with Crippen LogP contribution in [0.5, 0.6) is 5.75 Å². The molecule has 2 N–H and O–H groups in total. The van der Waals surface area contributed by atoms with Gasteiger partial charge in [-0.2, -0.15) is 11.8 Å². The van der Waals surface area contributed by atoms with Crippen LogP contribution in [0.2, 0.25) is 0 Å². The Labute approximate surface area is 149 Å². The lowest BCUT2D eigenvalue weighted by Gasteiger charge is -2.27. The molecule has 3 rings (SSSR count). The van der Waals surface area contributed by atoms with Gasteiger partial charge in [0.1, 0.15) is 5.75 Å². The summed E-state index contributed by atoms with van der Waals surface area (Å²) >= 11 is 2.07. The van der Waals surface area contributed by atoms with Crippen LogP contribution < -0.4 is 15.4 Å². The van der Waals surface area contributed by atoms with Gasteiger partial charge in [-0.25, -0.2) is 4.99 Å². The Balaban J connectivity index is 1.58. The summed E-state index contributed by atoms with van der Waals surface area (Å²) < 4.78 is 6.10. The minimum absolute atomic E-state index is 0.404. The summed E-state index contributed by atoms with van der Waals surface area (Å²) in [5.41, 5.74) is 1.16. The average Bonchev–Trinajstić information content (AvgIpc) is 3.08. The van der Waals surface area contributed by atoms with Crippen LogP contribution in [0.4, 0.5) is 0 Å². The van der Waals surface area contributed by atoms with Gasteiger partial charge in [0.2, 0.25) is 0 Å². The van der Waals surface area contributed by atoms with Crippen LogP contribution >= 0.6 is 11.8 Å². The average molecular weight is 348 g/mol. The number of thioether (sulfide) groups is 1. The number of guanidine groups is 1. The zero-order valence-corrected chi connectivity index (χ0v) is 15.4. The molecule has 4 nitrogen and oxygen atoms in total. The molecule has 2 aliphatic rings. The molecule has 5 heteroatoms. The molecule has 2 fully saturated rings. The van der Waals surface area contributed by atoms with E-state index in [1.165, 1.54) is 37.9 Å². The van der Waals surface area contributed by atoms with Crippen LogP contribution in [-0.4, -0.2) is 36.2 Å². The molecule has 0 radical (unpaired) electrons. The van der Waals surface area contributed by atoms with Crippen molar-refractivity contribution in [2.24, 2.45) is 4.99 Å². The maximum Gasteiger partial charge on any atom is 0.191 e. The monoisotopic (exact) mass is 347 g/mol. The molecule has 24 heavy (non-hydrogen) atoms. The summed E-state index contributed by atoms with van der Waals surface area (Å²) in [6.07, 6.45) is 6.72. The summed E-state index contributed by atoms with van der Waals surface area (Å²) in [7, 11) is 0. The molecule has 0 bridgehead atoms. The molecule has 1 unspecified atom stereocenters. The van der Waals surface area contributed by atoms with Crippen LogP contribution in [-0.2, 0) is 6.54 Å². The van der Waals surface area contributed by atoms with Crippen molar-refractivity contribution in [1.82, 2.24) is 10.6 Å². The third kappa shape index (κ3) is 5.07. The number of rotatable bonds is 7. The van der Waals surface area contributed by atoms with E-state index in [0.717, 1.165) is 35.6 Å². The number of aliphatic imine (C=N–C) groups is 1. The Bertz CT molecular complexity index is 539. The van der Waals surface area contributed by atoms with Crippen LogP contribution in [0, 0.1) is 0 Å². The molecule has 1 aromatic rings. The fourth-order valence-electron chi connectivity index (χ4n) is 2.94. The first-order chi connectivity index (χ1) is 11.8. The molecule has 0 spiro atoms. The van der Waals surface area contributed by atoms with E-state index in [0.29, 0.717) is 12.6 Å². The van der Waals surface area contributed by atoms with Crippen LogP contribution in [0.25, 0.3) is 0 Å². The molecule has 1 saturated heterocycles. The Kier molecular flexibility index (Phi) is 6.70. The third-order valence-electron chi connectivity index (χ3n) is 4.59. The normalized spacial score (nSPS) is 21.4. The predicted molar refractivity (Wildman–Crippen MR) is 103 cm³/mol. The summed E-state index contributed by atoms with van der Waals surface area (Å²) in [6, 6.07) is 8.29. The SMILES string of the molecule is CCNC(=NCc1ccccc1OC1CCC1)NCC1CCCS1. The quantitative estimate of drug-likeness (QED) is 0.585. The van der Waals surface area contributed by atoms with Gasteiger partial charge in [-0.15, -0.1) is 0 Å². The maximum atomic E-state index is 6.10. The van der Waals surface area contributed by atoms with Crippen molar-refractivity contribution < 1.29 is 4.74 Å². The van der Waals surface area contributed by atoms with Gasteiger partial charge in [-0.1, -0.05) is 18.2 Å². The van der Waals surface area contributed by atoms with Gasteiger partial charge in [0, 0.05) is 23.9 Å². The van der Waals surface area contributed by atoms with Crippen LogP contribution in [0.15, 0.2) is 29.3 Å². The lowest BCUT2D eigenvalue weighted by molar-refractivity contribution is 0.119. The van der Waals surface area contributed by atoms with Crippen molar-refractivity contribution in [1.29, 1.82) is 0 Å². The zero-order chi connectivity index (χ0) is 16.6. The topological polar surface area (TPSA) is 45.7 Å². The molecular weight excluding hydrogens is 318 g/mol. The van der Waals surface area contributed by atoms with Gasteiger partial charge < -0.3 is 15.4 Å². The van der Waals surface area contributed by atoms with Gasteiger partial charge in [0.15, 0.2) is 5.96 Å². The fourth-order valence-corrected chi connectivity index (χ4v) is 4.14. The van der Waals surface area contributed by atoms with E-state index in [9.17, 15) is 0 Å². The highest BCUT2D eigenvalue weighted by Gasteiger charge is 2.20. The molecule has 0 aromatic heterocycles. The van der Waals surface area contributed by atoms with Crippen LogP contribution in [0.1, 0.15) is 44.6 Å². The predicted octanol–water partition coefficient (Wildman–Crippen LogP) is 3.57. The first-order valence-corrected chi connectivity index (χ1v) is 10.3. The maximum absolute atomic E-state index is 6.10. The Hall–Kier alpha value is -1.36. The second-order valence-corrected chi connectivity index (χ2v) is 7.90. The smallest absolute Gasteiger partial charge is 0.191 e. The summed E-state index contributed by atoms with van der Waals surface area (Å²) in [6.45, 7) is 4.63. The lowest BCUT2D eigenvalue weighted by atomic mass is 9.96. The number of nitrogens with zero attached hydrogens (tertiary/aromatic N) is 1. The third-order valence-corrected chi connectivity index (χ3v) is 5.99. The summed E-state index contributed by atoms with van der Waals surface area (Å²) in [5, 5.41) is 7.57. The minimum Gasteiger partial charge on any atom is -0.490 e. The van der Waals surface area contributed by atoms with Gasteiger partial charge in [0.25, 0.3) is 0 Å². The van der Waals surface area contributed by atoms with Crippen molar-refractivity contribution in [2.45, 2.75) is 56.9 Å². The van der Waals surface area contributed by atoms with E-state index in [2.05, 4.69) is 47.5 Å². The number of nitrogens with one attached hydrogen (secondary N) is 2. The number of benzene rings is 1. The molecule has 1 aliphatic heterocycles. The van der Waals surface area contributed by atoms with E-state index < -0.39 is 0 Å². The van der Waals surface area contributed by atoms with Crippen molar-refractivity contribution in [3.8, 4) is 5.75 Å². The van der Waals surface area contributed by atoms with E-state index >= 15 is 0 Å². The number of ether oxygens (including phenoxy) is 1. The fraction of sp³-hybridized carbons (Fsp3) is 0.632. The van der Waals surface area contributed by atoms with Gasteiger partial charge in [-0.3, -0.25) is 0 Å². The molecule has 1 saturated carbocycles. The van der Waals surface area contributed by atoms with Crippen molar-refractivity contribution in [3.63, 3.8) is 0 Å². The van der Waals surface area contributed by atoms with Gasteiger partial charge in [-0.05, 0) is 50.8 Å². The number of hydrogen-bond donors (Lipinski definition) is 2. The highest BCUT2D eigenvalue weighted by Crippen LogP contribution is 2.28. The molecule has 132 valence electrons. The van der Waals surface area contributed by atoms with Crippen LogP contribution in [0.3, 0.4) is 0 Å². The lowest BCUT2D eigenvalue weighted by Crippen LogP contribution is -2.40. The second-order valence-electron chi connectivity index (χ2n) is 6.49. The molecule has 1 aliphatic carbocycles. The van der Waals surface area contributed by atoms with E-state index in [1.54, 1.807) is 0 Å². The Morgan fingerprint density at radius 2 is 2.08 bits per heavy atom. The summed E-state index contributed by atoms with van der Waals surface area (Å²) in [5.74, 6) is 3.20. The molecule has 0 amide bonds. The molecule has 1 aromatic carbocycles. The van der Waals surface area contributed by atoms with Crippen molar-refractivity contribution in [2.75, 3.05) is 18.8 Å². The largest absolute Gasteiger partial charge is 0.490 e. The molecule has 1 heterocycles. The van der Waals surface area contributed by atoms with Gasteiger partial charge in [0.05, 0.1) is 12.6 Å². The standard InChI is InChI=1S/C19H29N3OS/c1-2-20-19(22-14-17-10-6-12-24-17)21-13-15-7-3-4-11-18(15)23-16-8-5-9-16/h3-4,7,11,16-17H,2,5-6,8-10,12-14H2,1H3,(H2,20,21,22). The van der Waals surface area contributed by atoms with E-state index in [4.69, 9.17) is 9.73 Å². The Morgan fingerprint density at radius 1 is 1.21 bits per heavy atom. The highest BCUT2D eigenvalue weighted by atomic mass is 32.2. The first-order valence-electron chi connectivity index (χ1n) is 9.23. The highest BCUT2D eigenvalue weighted by molar-refractivity contribution is 8.00. The molecule has 1 atom stereocenters. The van der Waals surface area contributed by atoms with E-state index in [1.807, 2.05) is 6.07 Å². The minimum atomic E-state index is 0.404. The van der Waals surface area contributed by atoms with Crippen molar-refractivity contribution >= 4 is 17.7 Å². The second kappa shape index (κ2) is 9.21. The van der Waals surface area contributed by atoms with E-state index in [-0.39, 0.29) is 0 Å². The Morgan fingerprint density at radius 3 is 2.79 bits per heavy atom. The van der Waals surface area contributed by atoms with Gasteiger partial charge >= 0.3 is 0 Å². The molecular formula is C19H29N3OS.